The van der Waals surface area contributed by atoms with Crippen LogP contribution in [0, 0.1) is 0 Å². The molecule has 78 heavy (non-hydrogen) atoms. The molecule has 6 heteroatoms. The summed E-state index contributed by atoms with van der Waals surface area (Å²) in [6.07, 6.45) is 89.3. The Kier molecular flexibility index (Phi) is 62.7. The van der Waals surface area contributed by atoms with E-state index in [4.69, 9.17) is 14.2 Å². The van der Waals surface area contributed by atoms with Gasteiger partial charge in [-0.2, -0.15) is 0 Å². The number of unbranched alkanes of at least 4 members (excludes halogenated alkanes) is 33. The summed E-state index contributed by atoms with van der Waals surface area (Å²) in [5, 5.41) is 0. The largest absolute Gasteiger partial charge is 0.462 e. The fourth-order valence-electron chi connectivity index (χ4n) is 9.38. The number of esters is 3. The monoisotopic (exact) mass is 1080 g/mol. The average molecular weight is 1090 g/mol. The lowest BCUT2D eigenvalue weighted by atomic mass is 10.0. The molecule has 6 nitrogen and oxygen atoms in total. The first-order chi connectivity index (χ1) is 38.5. The van der Waals surface area contributed by atoms with Gasteiger partial charge in [0, 0.05) is 19.3 Å². The highest BCUT2D eigenvalue weighted by Crippen LogP contribution is 2.17. The van der Waals surface area contributed by atoms with E-state index in [1.165, 1.54) is 193 Å². The number of rotatable bonds is 60. The summed E-state index contributed by atoms with van der Waals surface area (Å²) in [7, 11) is 0. The molecule has 0 aliphatic heterocycles. The number of hydrogen-bond donors (Lipinski definition) is 0. The molecule has 0 spiro atoms. The second-order valence-electron chi connectivity index (χ2n) is 22.0. The number of hydrogen-bond acceptors (Lipinski definition) is 6. The van der Waals surface area contributed by atoms with Crippen molar-refractivity contribution >= 4 is 17.9 Å². The molecule has 0 N–H and O–H groups in total. The second-order valence-corrected chi connectivity index (χ2v) is 22.0. The molecule has 1 atom stereocenters. The van der Waals surface area contributed by atoms with Gasteiger partial charge in [-0.25, -0.2) is 0 Å². The summed E-state index contributed by atoms with van der Waals surface area (Å²) in [5.74, 6) is -0.992. The van der Waals surface area contributed by atoms with Gasteiger partial charge in [0.05, 0.1) is 0 Å². The molecular formula is C72H124O6. The van der Waals surface area contributed by atoms with Crippen LogP contribution in [0.4, 0.5) is 0 Å². The molecule has 0 fully saturated rings. The zero-order chi connectivity index (χ0) is 56.4. The maximum atomic E-state index is 12.8. The van der Waals surface area contributed by atoms with Gasteiger partial charge in [0.15, 0.2) is 6.10 Å². The van der Waals surface area contributed by atoms with Crippen LogP contribution in [0.5, 0.6) is 0 Å². The highest BCUT2D eigenvalue weighted by Gasteiger charge is 2.19. The van der Waals surface area contributed by atoms with Crippen LogP contribution in [-0.2, 0) is 28.6 Å². The van der Waals surface area contributed by atoms with Crippen molar-refractivity contribution in [2.75, 3.05) is 13.2 Å². The van der Waals surface area contributed by atoms with Crippen LogP contribution in [0.2, 0.25) is 0 Å². The van der Waals surface area contributed by atoms with Gasteiger partial charge in [0.1, 0.15) is 13.2 Å². The van der Waals surface area contributed by atoms with Gasteiger partial charge in [-0.3, -0.25) is 14.4 Å². The van der Waals surface area contributed by atoms with E-state index in [1.807, 2.05) is 6.08 Å². The van der Waals surface area contributed by atoms with Crippen LogP contribution < -0.4 is 0 Å². The molecule has 0 saturated carbocycles. The molecule has 0 bridgehead atoms. The van der Waals surface area contributed by atoms with Gasteiger partial charge in [-0.1, -0.05) is 311 Å². The van der Waals surface area contributed by atoms with E-state index in [-0.39, 0.29) is 31.6 Å². The number of carbonyl (C=O) groups is 3. The summed E-state index contributed by atoms with van der Waals surface area (Å²) in [6.45, 7) is 6.41. The van der Waals surface area contributed by atoms with E-state index in [0.717, 1.165) is 83.5 Å². The third-order valence-electron chi connectivity index (χ3n) is 14.3. The maximum Gasteiger partial charge on any atom is 0.306 e. The Balaban J connectivity index is 4.01. The normalized spacial score (nSPS) is 12.7. The maximum absolute atomic E-state index is 12.8. The van der Waals surface area contributed by atoms with Gasteiger partial charge < -0.3 is 14.2 Å². The van der Waals surface area contributed by atoms with Crippen molar-refractivity contribution < 1.29 is 28.6 Å². The molecule has 0 radical (unpaired) electrons. The van der Waals surface area contributed by atoms with Gasteiger partial charge in [-0.15, -0.1) is 0 Å². The molecule has 0 aliphatic rings. The van der Waals surface area contributed by atoms with Crippen LogP contribution in [0.3, 0.4) is 0 Å². The molecule has 0 aromatic heterocycles. The van der Waals surface area contributed by atoms with Crippen LogP contribution in [0.1, 0.15) is 323 Å². The van der Waals surface area contributed by atoms with Gasteiger partial charge in [-0.05, 0) is 89.9 Å². The molecule has 1 unspecified atom stereocenters. The molecule has 0 saturated heterocycles. The van der Waals surface area contributed by atoms with Crippen molar-refractivity contribution in [1.29, 1.82) is 0 Å². The fraction of sp³-hybridized carbons (Fsp3) is 0.736. The van der Waals surface area contributed by atoms with Crippen LogP contribution >= 0.6 is 0 Å². The summed E-state index contributed by atoms with van der Waals surface area (Å²) in [4.78, 5) is 37.9. The SMILES string of the molecule is CC/C=C\C/C=C\C/C=C\C/C=C\C/C=C\C/C=C\CCC(=O)OC(COC(=O)CCCCCCCC)COC(=O)CCCCCCCCCCCCCCCCCCCCCCCCC/C=C\C/C=C\CCCCCCC. The van der Waals surface area contributed by atoms with E-state index < -0.39 is 12.1 Å². The Morgan fingerprint density at radius 3 is 0.833 bits per heavy atom. The smallest absolute Gasteiger partial charge is 0.306 e. The van der Waals surface area contributed by atoms with E-state index in [9.17, 15) is 14.4 Å². The Bertz CT molecular complexity index is 1530. The predicted octanol–water partition coefficient (Wildman–Crippen LogP) is 22.8. The molecule has 0 aromatic rings. The van der Waals surface area contributed by atoms with Gasteiger partial charge >= 0.3 is 17.9 Å². The van der Waals surface area contributed by atoms with Crippen molar-refractivity contribution in [2.24, 2.45) is 0 Å². The first-order valence-electron chi connectivity index (χ1n) is 33.2. The highest BCUT2D eigenvalue weighted by atomic mass is 16.6. The molecule has 0 heterocycles. The number of ether oxygens (including phenoxy) is 3. The predicted molar refractivity (Wildman–Crippen MR) is 339 cm³/mol. The van der Waals surface area contributed by atoms with Crippen molar-refractivity contribution in [3.05, 3.63) is 97.2 Å². The molecule has 448 valence electrons. The summed E-state index contributed by atoms with van der Waals surface area (Å²) in [6, 6.07) is 0. The quantitative estimate of drug-likeness (QED) is 0.0261. The van der Waals surface area contributed by atoms with Gasteiger partial charge in [0.25, 0.3) is 0 Å². The van der Waals surface area contributed by atoms with E-state index in [1.54, 1.807) is 0 Å². The van der Waals surface area contributed by atoms with Crippen LogP contribution in [0.25, 0.3) is 0 Å². The zero-order valence-electron chi connectivity index (χ0n) is 51.4. The lowest BCUT2D eigenvalue weighted by molar-refractivity contribution is -0.166. The summed E-state index contributed by atoms with van der Waals surface area (Å²) < 4.78 is 16.7. The Hall–Kier alpha value is -3.67. The van der Waals surface area contributed by atoms with Gasteiger partial charge in [0.2, 0.25) is 0 Å². The molecule has 0 aromatic carbocycles. The van der Waals surface area contributed by atoms with E-state index >= 15 is 0 Å². The summed E-state index contributed by atoms with van der Waals surface area (Å²) in [5.41, 5.74) is 0. The van der Waals surface area contributed by atoms with Crippen molar-refractivity contribution in [3.63, 3.8) is 0 Å². The Morgan fingerprint density at radius 1 is 0.269 bits per heavy atom. The van der Waals surface area contributed by atoms with Crippen molar-refractivity contribution in [1.82, 2.24) is 0 Å². The summed E-state index contributed by atoms with van der Waals surface area (Å²) >= 11 is 0. The lowest BCUT2D eigenvalue weighted by Crippen LogP contribution is -2.30. The molecule has 0 amide bonds. The van der Waals surface area contributed by atoms with Crippen LogP contribution in [0.15, 0.2) is 97.2 Å². The third kappa shape index (κ3) is 63.2. The Labute approximate surface area is 483 Å². The van der Waals surface area contributed by atoms with E-state index in [2.05, 4.69) is 112 Å². The van der Waals surface area contributed by atoms with Crippen molar-refractivity contribution in [3.8, 4) is 0 Å². The number of allylic oxidation sites excluding steroid dienone is 16. The first kappa shape index (κ1) is 74.3. The minimum absolute atomic E-state index is 0.105. The first-order valence-corrected chi connectivity index (χ1v) is 33.2. The minimum Gasteiger partial charge on any atom is -0.462 e. The average Bonchev–Trinajstić information content (AvgIpc) is 3.44. The fourth-order valence-corrected chi connectivity index (χ4v) is 9.38. The van der Waals surface area contributed by atoms with Crippen LogP contribution in [-0.4, -0.2) is 37.2 Å². The zero-order valence-corrected chi connectivity index (χ0v) is 51.4. The molecule has 0 aliphatic carbocycles. The third-order valence-corrected chi connectivity index (χ3v) is 14.3. The topological polar surface area (TPSA) is 78.9 Å². The lowest BCUT2D eigenvalue weighted by Gasteiger charge is -2.18. The Morgan fingerprint density at radius 2 is 0.526 bits per heavy atom. The highest BCUT2D eigenvalue weighted by molar-refractivity contribution is 5.71. The molecular weight excluding hydrogens is 961 g/mol. The standard InChI is InChI=1S/C72H124O6/c1-4-7-10-13-16-18-20-22-24-26-28-29-30-31-32-33-34-35-36-37-38-39-40-41-42-43-45-46-48-50-52-54-56-59-62-65-71(74)77-68-69(67-76-70(73)64-61-58-15-12-9-6-3)78-72(75)66-63-60-57-55-53-51-49-47-44-27-25-23-21-19-17-14-11-8-5-2/h8,11,17,19-20,22-23,25-26,28,44,47,51,53,57,60,69H,4-7,9-10,12-16,18,21,24,27,29-43,45-46,48-50,52,54-56,58-59,61-68H2,1-3H3/b11-8-,19-17-,22-20-,25-23-,28-26-,47-44-,53-51-,60-57-. The minimum atomic E-state index is -0.814. The van der Waals surface area contributed by atoms with E-state index in [0.29, 0.717) is 19.3 Å². The molecule has 0 rings (SSSR count). The number of carbonyl (C=O) groups excluding carboxylic acids is 3. The van der Waals surface area contributed by atoms with Crippen molar-refractivity contribution in [2.45, 2.75) is 329 Å². The second kappa shape index (κ2) is 65.8.